The summed E-state index contributed by atoms with van der Waals surface area (Å²) >= 11 is 0. The van der Waals surface area contributed by atoms with E-state index >= 15 is 0 Å². The van der Waals surface area contributed by atoms with E-state index in [9.17, 15) is 18.8 Å². The summed E-state index contributed by atoms with van der Waals surface area (Å²) in [6, 6.07) is 3.59. The fraction of sp³-hybridized carbons (Fsp3) is 0.571. The van der Waals surface area contributed by atoms with Gasteiger partial charge in [-0.25, -0.2) is 4.39 Å². The lowest BCUT2D eigenvalue weighted by Crippen LogP contribution is -2.54. The Bertz CT molecular complexity index is 787. The van der Waals surface area contributed by atoms with Crippen molar-refractivity contribution in [3.05, 3.63) is 35.1 Å². The van der Waals surface area contributed by atoms with Gasteiger partial charge in [0.15, 0.2) is 0 Å². The van der Waals surface area contributed by atoms with Gasteiger partial charge in [0, 0.05) is 18.0 Å². The molecule has 1 saturated carbocycles. The maximum Gasteiger partial charge on any atom is 0.254 e. The lowest BCUT2D eigenvalue weighted by molar-refractivity contribution is -0.131. The van der Waals surface area contributed by atoms with Gasteiger partial charge in [0.05, 0.1) is 12.1 Å². The first-order valence-electron chi connectivity index (χ1n) is 9.89. The molecule has 2 aliphatic rings. The van der Waals surface area contributed by atoms with Crippen LogP contribution in [-0.4, -0.2) is 47.3 Å². The average Bonchev–Trinajstić information content (AvgIpc) is 3.04. The topological polar surface area (TPSA) is 78.5 Å². The van der Waals surface area contributed by atoms with Gasteiger partial charge in [-0.05, 0) is 37.5 Å². The molecule has 3 amide bonds. The summed E-state index contributed by atoms with van der Waals surface area (Å²) < 4.78 is 14.0. The lowest BCUT2D eigenvalue weighted by Gasteiger charge is -2.33. The van der Waals surface area contributed by atoms with Crippen LogP contribution in [0, 0.1) is 18.7 Å². The molecule has 1 aliphatic carbocycles. The molecule has 3 rings (SSSR count). The van der Waals surface area contributed by atoms with Crippen LogP contribution >= 0.6 is 0 Å². The number of benzene rings is 1. The molecule has 0 radical (unpaired) electrons. The number of aryl methyl sites for hydroxylation is 1. The van der Waals surface area contributed by atoms with Crippen LogP contribution in [0.3, 0.4) is 0 Å². The van der Waals surface area contributed by atoms with E-state index in [0.717, 1.165) is 25.7 Å². The van der Waals surface area contributed by atoms with E-state index in [4.69, 9.17) is 0 Å². The molecule has 28 heavy (non-hydrogen) atoms. The summed E-state index contributed by atoms with van der Waals surface area (Å²) in [4.78, 5) is 39.7. The van der Waals surface area contributed by atoms with E-state index in [1.165, 1.54) is 6.07 Å². The molecule has 1 saturated heterocycles. The standard InChI is InChI=1S/C21H28FN3O3/c1-13(2)18(26)23-17-11-25(12-21(24-19(17)27)8-4-5-9-21)20(28)15-7-6-14(3)16(22)10-15/h6-7,10,13,17H,4-5,8-9,11-12H2,1-3H3,(H,23,26)(H,24,27). The average molecular weight is 389 g/mol. The molecule has 2 N–H and O–H groups in total. The first-order valence-corrected chi connectivity index (χ1v) is 9.89. The van der Waals surface area contributed by atoms with E-state index in [1.807, 2.05) is 0 Å². The maximum atomic E-state index is 14.0. The highest BCUT2D eigenvalue weighted by atomic mass is 19.1. The summed E-state index contributed by atoms with van der Waals surface area (Å²) in [7, 11) is 0. The largest absolute Gasteiger partial charge is 0.347 e. The molecule has 0 bridgehead atoms. The third-order valence-electron chi connectivity index (χ3n) is 5.71. The quantitative estimate of drug-likeness (QED) is 0.832. The second kappa shape index (κ2) is 7.89. The van der Waals surface area contributed by atoms with Crippen molar-refractivity contribution in [3.8, 4) is 0 Å². The van der Waals surface area contributed by atoms with Crippen molar-refractivity contribution in [2.75, 3.05) is 13.1 Å². The Balaban J connectivity index is 1.89. The van der Waals surface area contributed by atoms with Crippen molar-refractivity contribution in [1.82, 2.24) is 15.5 Å². The van der Waals surface area contributed by atoms with Crippen LogP contribution in [0.1, 0.15) is 55.5 Å². The molecular formula is C21H28FN3O3. The Labute approximate surface area is 164 Å². The number of nitrogens with zero attached hydrogens (tertiary/aromatic N) is 1. The predicted molar refractivity (Wildman–Crippen MR) is 103 cm³/mol. The van der Waals surface area contributed by atoms with Crippen molar-refractivity contribution in [2.24, 2.45) is 5.92 Å². The van der Waals surface area contributed by atoms with Gasteiger partial charge in [-0.3, -0.25) is 14.4 Å². The summed E-state index contributed by atoms with van der Waals surface area (Å²) in [5.41, 5.74) is 0.242. The zero-order valence-corrected chi connectivity index (χ0v) is 16.7. The highest BCUT2D eigenvalue weighted by molar-refractivity contribution is 5.96. The predicted octanol–water partition coefficient (Wildman–Crippen LogP) is 2.16. The van der Waals surface area contributed by atoms with Crippen molar-refractivity contribution in [3.63, 3.8) is 0 Å². The molecule has 1 spiro atoms. The van der Waals surface area contributed by atoms with Gasteiger partial charge < -0.3 is 15.5 Å². The number of carbonyl (C=O) groups excluding carboxylic acids is 3. The molecular weight excluding hydrogens is 361 g/mol. The maximum absolute atomic E-state index is 14.0. The summed E-state index contributed by atoms with van der Waals surface area (Å²) in [6.07, 6.45) is 3.53. The number of amides is 3. The minimum atomic E-state index is -0.825. The van der Waals surface area contributed by atoms with Crippen molar-refractivity contribution in [1.29, 1.82) is 0 Å². The van der Waals surface area contributed by atoms with Gasteiger partial charge >= 0.3 is 0 Å². The number of hydrogen-bond donors (Lipinski definition) is 2. The fourth-order valence-electron chi connectivity index (χ4n) is 3.97. The molecule has 152 valence electrons. The molecule has 1 atom stereocenters. The summed E-state index contributed by atoms with van der Waals surface area (Å²) in [5.74, 6) is -1.54. The van der Waals surface area contributed by atoms with Crippen molar-refractivity contribution >= 4 is 17.7 Å². The van der Waals surface area contributed by atoms with Gasteiger partial charge in [-0.2, -0.15) is 0 Å². The third kappa shape index (κ3) is 4.18. The van der Waals surface area contributed by atoms with Crippen LogP contribution in [0.15, 0.2) is 18.2 Å². The zero-order chi connectivity index (χ0) is 20.5. The fourth-order valence-corrected chi connectivity index (χ4v) is 3.97. The second-order valence-electron chi connectivity index (χ2n) is 8.34. The van der Waals surface area contributed by atoms with Crippen molar-refractivity contribution < 1.29 is 18.8 Å². The highest BCUT2D eigenvalue weighted by Crippen LogP contribution is 2.32. The first-order chi connectivity index (χ1) is 13.2. The van der Waals surface area contributed by atoms with Crippen LogP contribution in [0.2, 0.25) is 0 Å². The molecule has 1 unspecified atom stereocenters. The summed E-state index contributed by atoms with van der Waals surface area (Å²) in [5, 5.41) is 5.84. The minimum absolute atomic E-state index is 0.0698. The molecule has 1 aromatic rings. The number of hydrogen-bond acceptors (Lipinski definition) is 3. The van der Waals surface area contributed by atoms with Gasteiger partial charge in [0.2, 0.25) is 11.8 Å². The highest BCUT2D eigenvalue weighted by Gasteiger charge is 2.43. The van der Waals surface area contributed by atoms with E-state index < -0.39 is 17.4 Å². The van der Waals surface area contributed by atoms with Gasteiger partial charge in [-0.1, -0.05) is 32.8 Å². The molecule has 7 heteroatoms. The molecule has 1 heterocycles. The van der Waals surface area contributed by atoms with Gasteiger partial charge in [0.1, 0.15) is 11.9 Å². The van der Waals surface area contributed by atoms with E-state index in [0.29, 0.717) is 12.1 Å². The Hall–Kier alpha value is -2.44. The Kier molecular flexibility index (Phi) is 5.72. The lowest BCUT2D eigenvalue weighted by atomic mass is 9.96. The normalized spacial score (nSPS) is 21.5. The first kappa shape index (κ1) is 20.3. The van der Waals surface area contributed by atoms with Crippen LogP contribution < -0.4 is 10.6 Å². The Morgan fingerprint density at radius 1 is 1.29 bits per heavy atom. The Morgan fingerprint density at radius 3 is 2.57 bits per heavy atom. The van der Waals surface area contributed by atoms with E-state index in [2.05, 4.69) is 10.6 Å². The minimum Gasteiger partial charge on any atom is -0.347 e. The van der Waals surface area contributed by atoms with E-state index in [-0.39, 0.29) is 35.7 Å². The number of halogens is 1. The van der Waals surface area contributed by atoms with Crippen LogP contribution in [-0.2, 0) is 9.59 Å². The number of rotatable bonds is 3. The van der Waals surface area contributed by atoms with E-state index in [1.54, 1.807) is 37.8 Å². The zero-order valence-electron chi connectivity index (χ0n) is 16.7. The number of carbonyl (C=O) groups is 3. The molecule has 6 nitrogen and oxygen atoms in total. The molecule has 1 aliphatic heterocycles. The van der Waals surface area contributed by atoms with Crippen LogP contribution in [0.5, 0.6) is 0 Å². The monoisotopic (exact) mass is 389 g/mol. The van der Waals surface area contributed by atoms with Gasteiger partial charge in [0.25, 0.3) is 5.91 Å². The van der Waals surface area contributed by atoms with Crippen molar-refractivity contribution in [2.45, 2.75) is 58.0 Å². The SMILES string of the molecule is Cc1ccc(C(=O)N2CC(NC(=O)C(C)C)C(=O)NC3(CCCC3)C2)cc1F. The smallest absolute Gasteiger partial charge is 0.254 e. The van der Waals surface area contributed by atoms with Crippen LogP contribution in [0.25, 0.3) is 0 Å². The Morgan fingerprint density at radius 2 is 1.96 bits per heavy atom. The van der Waals surface area contributed by atoms with Crippen LogP contribution in [0.4, 0.5) is 4.39 Å². The molecule has 1 aromatic carbocycles. The number of nitrogens with one attached hydrogen (secondary N) is 2. The van der Waals surface area contributed by atoms with Gasteiger partial charge in [-0.15, -0.1) is 0 Å². The third-order valence-corrected chi connectivity index (χ3v) is 5.71. The molecule has 2 fully saturated rings. The second-order valence-corrected chi connectivity index (χ2v) is 8.34. The molecule has 0 aromatic heterocycles. The summed E-state index contributed by atoms with van der Waals surface area (Å²) in [6.45, 7) is 5.57.